The van der Waals surface area contributed by atoms with Gasteiger partial charge in [0.25, 0.3) is 0 Å². The number of rotatable bonds is 5. The molecule has 1 aromatic heterocycles. The first-order valence-electron chi connectivity index (χ1n) is 13.6. The second-order valence-electron chi connectivity index (χ2n) is 10.9. The van der Waals surface area contributed by atoms with Gasteiger partial charge in [0.05, 0.1) is 36.2 Å². The highest BCUT2D eigenvalue weighted by Gasteiger charge is 2.47. The molecule has 2 unspecified atom stereocenters. The molecule has 5 aromatic rings. The predicted octanol–water partition coefficient (Wildman–Crippen LogP) is 5.69. The Morgan fingerprint density at radius 3 is 2.36 bits per heavy atom. The standard InChI is InChI=1S/C34H31NO7/c1-34(2)33(41-27(36)15-12-19-10-13-22(39-4)14-11-19)32(38)29-26(42-34)18-25(40-5)28-30(29)35(3)24-17-21-9-7-6-8-20(21)16-23(24)31(28)37/h6-18,32-33,38H,1-5H3/b15-12+. The average Bonchev–Trinajstić information content (AvgIpc) is 2.99. The number of benzene rings is 4. The normalized spacial score (nSPS) is 17.8. The lowest BCUT2D eigenvalue weighted by Crippen LogP contribution is -2.51. The fourth-order valence-electron chi connectivity index (χ4n) is 5.80. The Morgan fingerprint density at radius 1 is 1.00 bits per heavy atom. The number of pyridine rings is 1. The number of methoxy groups -OCH3 is 2. The molecular formula is C34H31NO7. The summed E-state index contributed by atoms with van der Waals surface area (Å²) in [7, 11) is 4.92. The van der Waals surface area contributed by atoms with Crippen LogP contribution in [0.25, 0.3) is 38.7 Å². The average molecular weight is 566 g/mol. The van der Waals surface area contributed by atoms with Crippen LogP contribution in [0.1, 0.15) is 31.1 Å². The first kappa shape index (κ1) is 27.4. The van der Waals surface area contributed by atoms with E-state index in [0.717, 1.165) is 16.3 Å². The molecular weight excluding hydrogens is 534 g/mol. The van der Waals surface area contributed by atoms with Gasteiger partial charge in [0.2, 0.25) is 5.43 Å². The molecule has 0 aliphatic carbocycles. The van der Waals surface area contributed by atoms with Crippen LogP contribution in [0.3, 0.4) is 0 Å². The SMILES string of the molecule is COc1ccc(/C=C/C(=O)OC2C(O)c3c(cc(OC)c4c(=O)c5cc6ccccc6cc5n(C)c34)OC2(C)C)cc1. The number of aromatic nitrogens is 1. The number of hydrogen-bond acceptors (Lipinski definition) is 7. The molecule has 4 aromatic carbocycles. The molecule has 0 amide bonds. The van der Waals surface area contributed by atoms with E-state index in [1.807, 2.05) is 60.1 Å². The van der Waals surface area contributed by atoms with Crippen molar-refractivity contribution in [2.24, 2.45) is 7.05 Å². The minimum atomic E-state index is -1.29. The van der Waals surface area contributed by atoms with Crippen molar-refractivity contribution in [1.29, 1.82) is 0 Å². The molecule has 0 bridgehead atoms. The maximum atomic E-state index is 14.0. The van der Waals surface area contributed by atoms with Crippen molar-refractivity contribution >= 4 is 44.6 Å². The maximum Gasteiger partial charge on any atom is 0.331 e. The summed E-state index contributed by atoms with van der Waals surface area (Å²) in [5.74, 6) is 0.754. The molecule has 0 spiro atoms. The summed E-state index contributed by atoms with van der Waals surface area (Å²) in [5.41, 5.74) is 0.962. The fraction of sp³-hybridized carbons (Fsp3) is 0.235. The zero-order valence-corrected chi connectivity index (χ0v) is 24.0. The number of aliphatic hydroxyl groups is 1. The lowest BCUT2D eigenvalue weighted by Gasteiger charge is -2.42. The number of ether oxygens (including phenoxy) is 4. The topological polar surface area (TPSA) is 96.2 Å². The molecule has 2 atom stereocenters. The van der Waals surface area contributed by atoms with E-state index in [0.29, 0.717) is 44.6 Å². The molecule has 1 aliphatic heterocycles. The van der Waals surface area contributed by atoms with Gasteiger partial charge in [-0.1, -0.05) is 36.4 Å². The Balaban J connectivity index is 1.47. The molecule has 8 nitrogen and oxygen atoms in total. The molecule has 42 heavy (non-hydrogen) atoms. The molecule has 0 saturated heterocycles. The molecule has 1 N–H and O–H groups in total. The third-order valence-corrected chi connectivity index (χ3v) is 7.93. The highest BCUT2D eigenvalue weighted by Crippen LogP contribution is 2.47. The zero-order valence-electron chi connectivity index (χ0n) is 24.0. The summed E-state index contributed by atoms with van der Waals surface area (Å²) < 4.78 is 24.9. The summed E-state index contributed by atoms with van der Waals surface area (Å²) >= 11 is 0. The number of aryl methyl sites for hydroxylation is 1. The van der Waals surface area contributed by atoms with Gasteiger partial charge in [-0.2, -0.15) is 0 Å². The molecule has 0 saturated carbocycles. The van der Waals surface area contributed by atoms with Crippen molar-refractivity contribution in [3.63, 3.8) is 0 Å². The van der Waals surface area contributed by atoms with Crippen LogP contribution in [-0.4, -0.2) is 41.6 Å². The fourth-order valence-corrected chi connectivity index (χ4v) is 5.80. The second kappa shape index (κ2) is 10.2. The van der Waals surface area contributed by atoms with E-state index in [1.54, 1.807) is 45.2 Å². The Bertz CT molecular complexity index is 1950. The summed E-state index contributed by atoms with van der Waals surface area (Å²) in [6.45, 7) is 3.49. The first-order chi connectivity index (χ1) is 20.1. The number of carbonyl (C=O) groups is 1. The highest BCUT2D eigenvalue weighted by atomic mass is 16.6. The van der Waals surface area contributed by atoms with E-state index in [4.69, 9.17) is 18.9 Å². The molecule has 8 heteroatoms. The molecule has 214 valence electrons. The molecule has 1 aliphatic rings. The van der Waals surface area contributed by atoms with E-state index in [-0.39, 0.29) is 5.43 Å². The first-order valence-corrected chi connectivity index (χ1v) is 13.6. The quantitative estimate of drug-likeness (QED) is 0.166. The van der Waals surface area contributed by atoms with Crippen molar-refractivity contribution in [3.8, 4) is 17.2 Å². The van der Waals surface area contributed by atoms with Gasteiger partial charge in [0, 0.05) is 24.6 Å². The summed E-state index contributed by atoms with van der Waals surface area (Å²) in [6.07, 6.45) is 0.566. The molecule has 6 rings (SSSR count). The Labute approximate surface area is 242 Å². The van der Waals surface area contributed by atoms with Crippen LogP contribution in [0, 0.1) is 0 Å². The van der Waals surface area contributed by atoms with Gasteiger partial charge in [-0.15, -0.1) is 0 Å². The van der Waals surface area contributed by atoms with Gasteiger partial charge in [-0.25, -0.2) is 4.79 Å². The van der Waals surface area contributed by atoms with Gasteiger partial charge in [0.1, 0.15) is 29.0 Å². The lowest BCUT2D eigenvalue weighted by molar-refractivity contribution is -0.171. The smallest absolute Gasteiger partial charge is 0.331 e. The van der Waals surface area contributed by atoms with Crippen LogP contribution < -0.4 is 19.6 Å². The lowest BCUT2D eigenvalue weighted by atomic mass is 9.86. The predicted molar refractivity (Wildman–Crippen MR) is 162 cm³/mol. The third kappa shape index (κ3) is 4.44. The van der Waals surface area contributed by atoms with E-state index in [1.165, 1.54) is 13.2 Å². The van der Waals surface area contributed by atoms with Crippen molar-refractivity contribution in [2.75, 3.05) is 14.2 Å². The van der Waals surface area contributed by atoms with E-state index in [9.17, 15) is 14.7 Å². The molecule has 0 radical (unpaired) electrons. The number of hydrogen-bond donors (Lipinski definition) is 1. The molecule has 0 fully saturated rings. The van der Waals surface area contributed by atoms with E-state index < -0.39 is 23.8 Å². The van der Waals surface area contributed by atoms with Crippen LogP contribution in [0.4, 0.5) is 0 Å². The van der Waals surface area contributed by atoms with Gasteiger partial charge >= 0.3 is 5.97 Å². The van der Waals surface area contributed by atoms with E-state index >= 15 is 0 Å². The van der Waals surface area contributed by atoms with Gasteiger partial charge < -0.3 is 28.6 Å². The summed E-state index contributed by atoms with van der Waals surface area (Å²) in [5, 5.41) is 14.6. The Hall–Kier alpha value is -4.82. The molecule has 2 heterocycles. The number of esters is 1. The third-order valence-electron chi connectivity index (χ3n) is 7.93. The number of fused-ring (bicyclic) bond motifs is 5. The monoisotopic (exact) mass is 565 g/mol. The van der Waals surface area contributed by atoms with Gasteiger partial charge in [-0.05, 0) is 60.5 Å². The Kier molecular flexibility index (Phi) is 6.66. The van der Waals surface area contributed by atoms with Crippen molar-refractivity contribution in [1.82, 2.24) is 4.57 Å². The summed E-state index contributed by atoms with van der Waals surface area (Å²) in [4.78, 5) is 26.9. The van der Waals surface area contributed by atoms with Crippen molar-refractivity contribution < 1.29 is 28.8 Å². The second-order valence-corrected chi connectivity index (χ2v) is 10.9. The summed E-state index contributed by atoms with van der Waals surface area (Å²) in [6, 6.07) is 20.5. The zero-order chi connectivity index (χ0) is 29.8. The Morgan fingerprint density at radius 2 is 1.69 bits per heavy atom. The van der Waals surface area contributed by atoms with Crippen LogP contribution >= 0.6 is 0 Å². The van der Waals surface area contributed by atoms with Gasteiger partial charge in [-0.3, -0.25) is 4.79 Å². The van der Waals surface area contributed by atoms with Crippen LogP contribution in [-0.2, 0) is 16.6 Å². The van der Waals surface area contributed by atoms with Crippen LogP contribution in [0.2, 0.25) is 0 Å². The van der Waals surface area contributed by atoms with Crippen molar-refractivity contribution in [3.05, 3.63) is 94.2 Å². The highest BCUT2D eigenvalue weighted by molar-refractivity contribution is 6.04. The van der Waals surface area contributed by atoms with Crippen LogP contribution in [0.15, 0.2) is 77.6 Å². The number of carbonyl (C=O) groups excluding carboxylic acids is 1. The van der Waals surface area contributed by atoms with Gasteiger partial charge in [0.15, 0.2) is 6.10 Å². The largest absolute Gasteiger partial charge is 0.497 e. The van der Waals surface area contributed by atoms with Crippen molar-refractivity contribution in [2.45, 2.75) is 31.7 Å². The van der Waals surface area contributed by atoms with Crippen LogP contribution in [0.5, 0.6) is 17.2 Å². The van der Waals surface area contributed by atoms with E-state index in [2.05, 4.69) is 0 Å². The minimum absolute atomic E-state index is 0.225. The maximum absolute atomic E-state index is 14.0. The minimum Gasteiger partial charge on any atom is -0.497 e. The number of aliphatic hydroxyl groups excluding tert-OH is 1. The number of nitrogens with zero attached hydrogens (tertiary/aromatic N) is 1.